The number of amides is 4. The number of non-ortho nitro benzene ring substituents is 1. The van der Waals surface area contributed by atoms with E-state index < -0.39 is 63.6 Å². The maximum atomic E-state index is 15.5. The summed E-state index contributed by atoms with van der Waals surface area (Å²) in [6, 6.07) is 32.9. The lowest BCUT2D eigenvalue weighted by atomic mass is 9.49. The van der Waals surface area contributed by atoms with Gasteiger partial charge in [-0.1, -0.05) is 96.1 Å². The number of nitro benzene ring substituents is 1. The number of phenols is 1. The molecular weight excluding hydrogens is 684 g/mol. The molecule has 1 saturated carbocycles. The first kappa shape index (κ1) is 33.2. The molecule has 268 valence electrons. The monoisotopic (exact) mass is 718 g/mol. The molecule has 11 nitrogen and oxygen atoms in total. The number of phenolic OH excluding ortho intramolecular Hbond substituents is 1. The third-order valence-corrected chi connectivity index (χ3v) is 11.9. The number of hydrogen-bond donors (Lipinski definition) is 2. The molecule has 0 bridgehead atoms. The Morgan fingerprint density at radius 3 is 2.26 bits per heavy atom. The van der Waals surface area contributed by atoms with Gasteiger partial charge in [0.2, 0.25) is 11.8 Å². The van der Waals surface area contributed by atoms with Gasteiger partial charge in [-0.05, 0) is 66.5 Å². The molecule has 0 aromatic heterocycles. The molecular formula is C43H34N4O7. The smallest absolute Gasteiger partial charge is 0.271 e. The third-order valence-electron chi connectivity index (χ3n) is 11.9. The van der Waals surface area contributed by atoms with E-state index in [1.165, 1.54) is 24.3 Å². The molecule has 4 amide bonds. The van der Waals surface area contributed by atoms with E-state index >= 15 is 4.79 Å². The zero-order chi connectivity index (χ0) is 37.5. The van der Waals surface area contributed by atoms with E-state index in [1.54, 1.807) is 30.3 Å². The Kier molecular flexibility index (Phi) is 7.53. The summed E-state index contributed by atoms with van der Waals surface area (Å²) in [5.41, 5.74) is 5.18. The number of rotatable bonds is 6. The molecule has 2 aliphatic heterocycles. The second kappa shape index (κ2) is 12.2. The molecule has 2 saturated heterocycles. The van der Waals surface area contributed by atoms with E-state index in [9.17, 15) is 29.6 Å². The highest BCUT2D eigenvalue weighted by Gasteiger charge is 2.70. The van der Waals surface area contributed by atoms with Crippen molar-refractivity contribution in [3.63, 3.8) is 0 Å². The Bertz CT molecular complexity index is 2460. The summed E-state index contributed by atoms with van der Waals surface area (Å²) in [7, 11) is 0. The third kappa shape index (κ3) is 4.67. The van der Waals surface area contributed by atoms with Crippen molar-refractivity contribution in [1.82, 2.24) is 5.01 Å². The number of imide groups is 2. The molecule has 6 unspecified atom stereocenters. The predicted molar refractivity (Wildman–Crippen MR) is 200 cm³/mol. The summed E-state index contributed by atoms with van der Waals surface area (Å²) in [6.45, 7) is 1.94. The maximum absolute atomic E-state index is 15.5. The molecule has 5 aromatic rings. The first-order valence-corrected chi connectivity index (χ1v) is 17.9. The first-order valence-electron chi connectivity index (χ1n) is 17.9. The fraction of sp³-hybridized carbons (Fsp3) is 0.209. The largest absolute Gasteiger partial charge is 0.507 e. The van der Waals surface area contributed by atoms with E-state index in [-0.39, 0.29) is 30.0 Å². The van der Waals surface area contributed by atoms with Gasteiger partial charge in [0.1, 0.15) is 5.75 Å². The van der Waals surface area contributed by atoms with Crippen LogP contribution in [0.1, 0.15) is 35.4 Å². The lowest BCUT2D eigenvalue weighted by molar-refractivity contribution is -0.384. The van der Waals surface area contributed by atoms with Crippen LogP contribution in [0.3, 0.4) is 0 Å². The van der Waals surface area contributed by atoms with E-state index in [0.717, 1.165) is 21.0 Å². The van der Waals surface area contributed by atoms with Crippen molar-refractivity contribution in [2.75, 3.05) is 10.3 Å². The predicted octanol–water partition coefficient (Wildman–Crippen LogP) is 6.95. The van der Waals surface area contributed by atoms with Crippen LogP contribution in [0.4, 0.5) is 17.1 Å². The minimum Gasteiger partial charge on any atom is -0.507 e. The molecule has 4 aliphatic rings. The number of benzene rings is 5. The zero-order valence-electron chi connectivity index (χ0n) is 29.1. The highest BCUT2D eigenvalue weighted by molar-refractivity contribution is 6.23. The standard InChI is InChI=1S/C43H34N4O7/c1-24-14-16-26(17-15-24)44-46-40(50)35-23-34-32(18-19-33-37(34)41(51)45(39(33)49)27-10-7-11-28(22-27)47(53)54)38(43(35,42(46)52)25-8-3-2-4-9-25)31-20-21-36(48)30-13-6-5-12-29(30)31/h2-18,20-22,33-35,37-38,44,48H,19,23H2,1H3. The van der Waals surface area contributed by atoms with Crippen molar-refractivity contribution in [2.45, 2.75) is 31.1 Å². The van der Waals surface area contributed by atoms with Crippen LogP contribution in [0, 0.1) is 40.7 Å². The average Bonchev–Trinajstić information content (AvgIpc) is 3.57. The molecule has 3 fully saturated rings. The second-order valence-corrected chi connectivity index (χ2v) is 14.6. The van der Waals surface area contributed by atoms with Crippen molar-refractivity contribution >= 4 is 51.5 Å². The Morgan fingerprint density at radius 1 is 0.796 bits per heavy atom. The van der Waals surface area contributed by atoms with E-state index in [0.29, 0.717) is 27.6 Å². The van der Waals surface area contributed by atoms with Crippen LogP contribution in [0.5, 0.6) is 5.75 Å². The fourth-order valence-corrected chi connectivity index (χ4v) is 9.65. The van der Waals surface area contributed by atoms with Gasteiger partial charge in [-0.3, -0.25) is 34.7 Å². The van der Waals surface area contributed by atoms with Gasteiger partial charge in [-0.15, -0.1) is 0 Å². The molecule has 5 aromatic carbocycles. The number of carbonyl (C=O) groups is 4. The molecule has 2 heterocycles. The molecule has 0 spiro atoms. The number of carbonyl (C=O) groups excluding carboxylic acids is 4. The number of allylic oxidation sites excluding steroid dienone is 2. The van der Waals surface area contributed by atoms with Crippen molar-refractivity contribution in [3.05, 3.63) is 154 Å². The number of nitrogens with zero attached hydrogens (tertiary/aromatic N) is 3. The normalized spacial score (nSPS) is 26.0. The van der Waals surface area contributed by atoms with Crippen molar-refractivity contribution < 1.29 is 29.2 Å². The molecule has 9 rings (SSSR count). The van der Waals surface area contributed by atoms with Gasteiger partial charge in [-0.2, -0.15) is 5.01 Å². The number of nitro groups is 1. The van der Waals surface area contributed by atoms with Gasteiger partial charge >= 0.3 is 0 Å². The summed E-state index contributed by atoms with van der Waals surface area (Å²) >= 11 is 0. The second-order valence-electron chi connectivity index (χ2n) is 14.6. The quantitative estimate of drug-likeness (QED) is 0.0829. The minimum atomic E-state index is -1.48. The SMILES string of the molecule is Cc1ccc(NN2C(=O)C3CC4C(=CCC5C(=O)N(c6cccc([N+](=O)[O-])c6)C(=O)C54)C(c4ccc(O)c5ccccc45)C3(c3ccccc3)C2=O)cc1. The van der Waals surface area contributed by atoms with Gasteiger partial charge < -0.3 is 5.11 Å². The number of aromatic hydroxyl groups is 1. The van der Waals surface area contributed by atoms with Gasteiger partial charge in [0.15, 0.2) is 0 Å². The number of anilines is 2. The topological polar surface area (TPSA) is 150 Å². The zero-order valence-corrected chi connectivity index (χ0v) is 29.1. The van der Waals surface area contributed by atoms with E-state index in [1.807, 2.05) is 73.7 Å². The maximum Gasteiger partial charge on any atom is 0.271 e. The van der Waals surface area contributed by atoms with Crippen molar-refractivity contribution in [2.24, 2.45) is 23.7 Å². The first-order chi connectivity index (χ1) is 26.1. The average molecular weight is 719 g/mol. The minimum absolute atomic E-state index is 0.0605. The lowest BCUT2D eigenvalue weighted by Gasteiger charge is -2.51. The molecule has 2 aliphatic carbocycles. The van der Waals surface area contributed by atoms with Crippen LogP contribution in [-0.4, -0.2) is 38.7 Å². The summed E-state index contributed by atoms with van der Waals surface area (Å²) < 4.78 is 0. The molecule has 6 atom stereocenters. The summed E-state index contributed by atoms with van der Waals surface area (Å²) in [4.78, 5) is 71.3. The number of hydrazine groups is 1. The number of hydrogen-bond acceptors (Lipinski definition) is 8. The van der Waals surface area contributed by atoms with Gasteiger partial charge in [-0.25, -0.2) is 4.90 Å². The van der Waals surface area contributed by atoms with Crippen LogP contribution in [0.25, 0.3) is 10.8 Å². The summed E-state index contributed by atoms with van der Waals surface area (Å²) in [5, 5.41) is 25.0. The molecule has 2 N–H and O–H groups in total. The summed E-state index contributed by atoms with van der Waals surface area (Å²) in [5.74, 6) is -5.79. The van der Waals surface area contributed by atoms with E-state index in [4.69, 9.17) is 0 Å². The number of nitrogens with one attached hydrogen (secondary N) is 1. The van der Waals surface area contributed by atoms with Gasteiger partial charge in [0.25, 0.3) is 17.5 Å². The van der Waals surface area contributed by atoms with Crippen LogP contribution in [-0.2, 0) is 24.6 Å². The van der Waals surface area contributed by atoms with Crippen LogP contribution in [0.15, 0.2) is 127 Å². The number of aryl methyl sites for hydroxylation is 1. The van der Waals surface area contributed by atoms with E-state index in [2.05, 4.69) is 5.43 Å². The van der Waals surface area contributed by atoms with Crippen molar-refractivity contribution in [1.29, 1.82) is 0 Å². The Hall–Kier alpha value is -6.62. The Balaban J connectivity index is 1.26. The number of fused-ring (bicyclic) bond motifs is 5. The fourth-order valence-electron chi connectivity index (χ4n) is 9.65. The molecule has 0 radical (unpaired) electrons. The van der Waals surface area contributed by atoms with Crippen LogP contribution in [0.2, 0.25) is 0 Å². The Morgan fingerprint density at radius 2 is 1.52 bits per heavy atom. The highest BCUT2D eigenvalue weighted by Crippen LogP contribution is 2.65. The van der Waals surface area contributed by atoms with Gasteiger partial charge in [0.05, 0.1) is 39.5 Å². The lowest BCUT2D eigenvalue weighted by Crippen LogP contribution is -2.53. The van der Waals surface area contributed by atoms with Crippen molar-refractivity contribution in [3.8, 4) is 5.75 Å². The Labute approximate surface area is 309 Å². The molecule has 54 heavy (non-hydrogen) atoms. The highest BCUT2D eigenvalue weighted by atomic mass is 16.6. The molecule has 11 heteroatoms. The van der Waals surface area contributed by atoms with Gasteiger partial charge in [0, 0.05) is 23.4 Å². The summed E-state index contributed by atoms with van der Waals surface area (Å²) in [6.07, 6.45) is 2.27. The van der Waals surface area contributed by atoms with Crippen LogP contribution < -0.4 is 10.3 Å². The van der Waals surface area contributed by atoms with Crippen LogP contribution >= 0.6 is 0 Å².